The Hall–Kier alpha value is -4.69. The molecule has 184 valence electrons. The number of fused-ring (bicyclic) bond motifs is 1. The van der Waals surface area contributed by atoms with Gasteiger partial charge in [0.25, 0.3) is 5.91 Å². The van der Waals surface area contributed by atoms with Crippen LogP contribution in [-0.2, 0) is 6.61 Å². The molecule has 8 heteroatoms. The maximum atomic E-state index is 12.7. The number of ether oxygens (including phenoxy) is 2. The summed E-state index contributed by atoms with van der Waals surface area (Å²) in [6.07, 6.45) is 0. The van der Waals surface area contributed by atoms with Crippen LogP contribution in [0, 0.1) is 0 Å². The minimum Gasteiger partial charge on any atom is -0.497 e. The van der Waals surface area contributed by atoms with Crippen molar-refractivity contribution in [3.05, 3.63) is 108 Å². The van der Waals surface area contributed by atoms with Gasteiger partial charge in [0, 0.05) is 22.9 Å². The number of amides is 1. The number of aromatic nitrogens is 1. The third-order valence-electron chi connectivity index (χ3n) is 5.55. The maximum absolute atomic E-state index is 12.7. The van der Waals surface area contributed by atoms with Crippen molar-refractivity contribution in [1.82, 2.24) is 10.3 Å². The molecule has 5 rings (SSSR count). The summed E-state index contributed by atoms with van der Waals surface area (Å²) in [5, 5.41) is 5.92. The van der Waals surface area contributed by atoms with Crippen molar-refractivity contribution in [2.75, 3.05) is 12.4 Å². The lowest BCUT2D eigenvalue weighted by Crippen LogP contribution is -2.34. The van der Waals surface area contributed by atoms with E-state index in [1.165, 1.54) is 0 Å². The molecular formula is C29H23N3O4S. The lowest BCUT2D eigenvalue weighted by molar-refractivity contribution is 0.0977. The Balaban J connectivity index is 1.19. The van der Waals surface area contributed by atoms with E-state index < -0.39 is 0 Å². The lowest BCUT2D eigenvalue weighted by Gasteiger charge is -2.11. The van der Waals surface area contributed by atoms with Gasteiger partial charge in [0.15, 0.2) is 10.7 Å². The Kier molecular flexibility index (Phi) is 7.09. The van der Waals surface area contributed by atoms with Crippen LogP contribution in [0.2, 0.25) is 0 Å². The molecule has 0 atom stereocenters. The molecule has 0 fully saturated rings. The van der Waals surface area contributed by atoms with E-state index in [2.05, 4.69) is 15.6 Å². The first-order valence-electron chi connectivity index (χ1n) is 11.5. The highest BCUT2D eigenvalue weighted by atomic mass is 32.1. The van der Waals surface area contributed by atoms with Crippen LogP contribution in [0.5, 0.6) is 11.5 Å². The molecule has 0 saturated carbocycles. The second-order valence-corrected chi connectivity index (χ2v) is 8.55. The van der Waals surface area contributed by atoms with Gasteiger partial charge in [-0.25, -0.2) is 4.98 Å². The van der Waals surface area contributed by atoms with E-state index in [1.807, 2.05) is 72.8 Å². The number of anilines is 1. The van der Waals surface area contributed by atoms with Crippen molar-refractivity contribution in [2.45, 2.75) is 6.61 Å². The zero-order valence-corrected chi connectivity index (χ0v) is 20.7. The Morgan fingerprint density at radius 1 is 0.919 bits per heavy atom. The van der Waals surface area contributed by atoms with Gasteiger partial charge in [0.2, 0.25) is 5.89 Å². The molecule has 0 aliphatic carbocycles. The van der Waals surface area contributed by atoms with Crippen LogP contribution < -0.4 is 20.1 Å². The number of nitrogens with one attached hydrogen (secondary N) is 2. The third-order valence-corrected chi connectivity index (χ3v) is 5.76. The number of oxazole rings is 1. The summed E-state index contributed by atoms with van der Waals surface area (Å²) >= 11 is 5.35. The number of benzene rings is 4. The molecule has 1 heterocycles. The largest absolute Gasteiger partial charge is 0.497 e. The lowest BCUT2D eigenvalue weighted by atomic mass is 10.2. The zero-order valence-electron chi connectivity index (χ0n) is 19.9. The monoisotopic (exact) mass is 509 g/mol. The molecule has 7 nitrogen and oxygen atoms in total. The molecule has 1 aromatic heterocycles. The fourth-order valence-electron chi connectivity index (χ4n) is 3.67. The Bertz CT molecular complexity index is 1550. The molecule has 0 aliphatic rings. The predicted molar refractivity (Wildman–Crippen MR) is 147 cm³/mol. The number of methoxy groups -OCH3 is 1. The van der Waals surface area contributed by atoms with Crippen molar-refractivity contribution in [3.63, 3.8) is 0 Å². The highest BCUT2D eigenvalue weighted by molar-refractivity contribution is 7.80. The van der Waals surface area contributed by atoms with Crippen molar-refractivity contribution < 1.29 is 18.7 Å². The second-order valence-electron chi connectivity index (χ2n) is 8.14. The molecule has 37 heavy (non-hydrogen) atoms. The molecule has 0 saturated heterocycles. The van der Waals surface area contributed by atoms with E-state index in [9.17, 15) is 4.79 Å². The van der Waals surface area contributed by atoms with Crippen molar-refractivity contribution in [3.8, 4) is 23.0 Å². The number of hydrogen-bond acceptors (Lipinski definition) is 6. The van der Waals surface area contributed by atoms with Crippen molar-refractivity contribution >= 4 is 40.0 Å². The topological polar surface area (TPSA) is 85.6 Å². The van der Waals surface area contributed by atoms with Crippen LogP contribution >= 0.6 is 12.2 Å². The predicted octanol–water partition coefficient (Wildman–Crippen LogP) is 6.21. The molecule has 5 aromatic rings. The number of hydrogen-bond donors (Lipinski definition) is 2. The minimum absolute atomic E-state index is 0.175. The summed E-state index contributed by atoms with van der Waals surface area (Å²) in [5.74, 6) is 1.53. The van der Waals surface area contributed by atoms with Gasteiger partial charge in [-0.3, -0.25) is 10.1 Å². The van der Waals surface area contributed by atoms with Crippen molar-refractivity contribution in [2.24, 2.45) is 0 Å². The number of carbonyl (C=O) groups is 1. The van der Waals surface area contributed by atoms with Gasteiger partial charge in [-0.1, -0.05) is 36.4 Å². The summed E-state index contributed by atoms with van der Waals surface area (Å²) in [6, 6.07) is 29.7. The fourth-order valence-corrected chi connectivity index (χ4v) is 3.88. The third kappa shape index (κ3) is 5.94. The van der Waals surface area contributed by atoms with Crippen LogP contribution in [0.4, 0.5) is 5.69 Å². The van der Waals surface area contributed by atoms with Crippen LogP contribution in [0.15, 0.2) is 101 Å². The number of nitrogens with zero attached hydrogens (tertiary/aromatic N) is 1. The van der Waals surface area contributed by atoms with Crippen molar-refractivity contribution in [1.29, 1.82) is 0 Å². The molecule has 0 bridgehead atoms. The average molecular weight is 510 g/mol. The Labute approximate surface area is 219 Å². The Morgan fingerprint density at radius 2 is 1.70 bits per heavy atom. The minimum atomic E-state index is -0.323. The van der Waals surface area contributed by atoms with Gasteiger partial charge >= 0.3 is 0 Å². The normalized spacial score (nSPS) is 10.6. The van der Waals surface area contributed by atoms with Gasteiger partial charge < -0.3 is 19.2 Å². The molecule has 4 aromatic carbocycles. The van der Waals surface area contributed by atoms with E-state index in [0.29, 0.717) is 46.3 Å². The molecular weight excluding hydrogens is 486 g/mol. The summed E-state index contributed by atoms with van der Waals surface area (Å²) in [7, 11) is 1.61. The number of thiocarbonyl (C=S) groups is 1. The van der Waals surface area contributed by atoms with E-state index in [4.69, 9.17) is 26.1 Å². The Morgan fingerprint density at radius 3 is 2.49 bits per heavy atom. The van der Waals surface area contributed by atoms with E-state index in [-0.39, 0.29) is 11.0 Å². The van der Waals surface area contributed by atoms with Crippen LogP contribution in [0.3, 0.4) is 0 Å². The molecule has 1 amide bonds. The molecule has 0 aliphatic heterocycles. The molecule has 2 N–H and O–H groups in total. The highest BCUT2D eigenvalue weighted by Crippen LogP contribution is 2.28. The van der Waals surface area contributed by atoms with Gasteiger partial charge in [0.05, 0.1) is 7.11 Å². The van der Waals surface area contributed by atoms with Crippen LogP contribution in [0.1, 0.15) is 15.9 Å². The van der Waals surface area contributed by atoms with Gasteiger partial charge in [0.1, 0.15) is 23.6 Å². The van der Waals surface area contributed by atoms with Crippen LogP contribution in [-0.4, -0.2) is 23.1 Å². The summed E-state index contributed by atoms with van der Waals surface area (Å²) < 4.78 is 16.9. The quantitative estimate of drug-likeness (QED) is 0.252. The number of rotatable bonds is 7. The second kappa shape index (κ2) is 10.9. The first-order chi connectivity index (χ1) is 18.1. The van der Waals surface area contributed by atoms with E-state index in [1.54, 1.807) is 31.4 Å². The van der Waals surface area contributed by atoms with Crippen LogP contribution in [0.25, 0.3) is 22.6 Å². The smallest absolute Gasteiger partial charge is 0.257 e. The van der Waals surface area contributed by atoms with E-state index >= 15 is 0 Å². The number of carbonyl (C=O) groups excluding carboxylic acids is 1. The fraction of sp³-hybridized carbons (Fsp3) is 0.0690. The summed E-state index contributed by atoms with van der Waals surface area (Å²) in [6.45, 7) is 0.456. The van der Waals surface area contributed by atoms with Gasteiger partial charge in [-0.15, -0.1) is 0 Å². The molecule has 0 spiro atoms. The SMILES string of the molecule is COc1ccc2oc(-c3cccc(NC(=S)NC(=O)c4ccc(OCc5ccccc5)cc4)c3)nc2c1. The molecule has 0 radical (unpaired) electrons. The average Bonchev–Trinajstić information content (AvgIpc) is 3.36. The zero-order chi connectivity index (χ0) is 25.6. The maximum Gasteiger partial charge on any atom is 0.257 e. The first-order valence-corrected chi connectivity index (χ1v) is 11.9. The molecule has 0 unspecified atom stereocenters. The van der Waals surface area contributed by atoms with E-state index in [0.717, 1.165) is 11.1 Å². The first kappa shape index (κ1) is 24.0. The standard InChI is InChI=1S/C29H23N3O4S/c1-34-24-14-15-26-25(17-24)31-28(36-26)21-8-5-9-22(16-21)30-29(37)32-27(33)20-10-12-23(13-11-20)35-18-19-6-3-2-4-7-19/h2-17H,18H2,1H3,(H2,30,32,33,37). The van der Waals surface area contributed by atoms with Gasteiger partial charge in [-0.05, 0) is 72.4 Å². The van der Waals surface area contributed by atoms with Gasteiger partial charge in [-0.2, -0.15) is 0 Å². The summed E-state index contributed by atoms with van der Waals surface area (Å²) in [4.78, 5) is 17.2. The summed E-state index contributed by atoms with van der Waals surface area (Å²) in [5.41, 5.74) is 4.35. The highest BCUT2D eigenvalue weighted by Gasteiger charge is 2.12.